The van der Waals surface area contributed by atoms with Crippen LogP contribution in [-0.4, -0.2) is 53.1 Å². The Hall–Kier alpha value is -2.45. The molecule has 0 saturated carbocycles. The van der Waals surface area contributed by atoms with Crippen molar-refractivity contribution in [3.63, 3.8) is 0 Å². The average Bonchev–Trinajstić information content (AvgIpc) is 2.73. The van der Waals surface area contributed by atoms with E-state index in [0.29, 0.717) is 44.2 Å². The third-order valence-electron chi connectivity index (χ3n) is 5.75. The van der Waals surface area contributed by atoms with Gasteiger partial charge in [-0.25, -0.2) is 9.97 Å². The molecular weight excluding hydrogens is 362 g/mol. The Labute approximate surface area is 165 Å². The van der Waals surface area contributed by atoms with E-state index < -0.39 is 0 Å². The minimum Gasteiger partial charge on any atom is -0.466 e. The molecular formula is C19H29N5O4. The van der Waals surface area contributed by atoms with Gasteiger partial charge < -0.3 is 14.5 Å². The molecule has 0 spiro atoms. The van der Waals surface area contributed by atoms with Crippen LogP contribution in [0.5, 0.6) is 0 Å². The zero-order chi connectivity index (χ0) is 20.1. The van der Waals surface area contributed by atoms with Crippen molar-refractivity contribution in [3.05, 3.63) is 16.4 Å². The van der Waals surface area contributed by atoms with Crippen molar-refractivity contribution in [3.8, 4) is 0 Å². The number of rotatable bonds is 6. The number of nitrogens with zero attached hydrogens (tertiary/aromatic N) is 5. The van der Waals surface area contributed by atoms with Gasteiger partial charge in [0, 0.05) is 25.7 Å². The number of anilines is 2. The maximum atomic E-state index is 12.0. The summed E-state index contributed by atoms with van der Waals surface area (Å²) in [6.07, 6.45) is 6.75. The Balaban J connectivity index is 1.84. The molecule has 9 heteroatoms. The van der Waals surface area contributed by atoms with E-state index in [0.717, 1.165) is 32.2 Å². The number of hydrogen-bond acceptors (Lipinski definition) is 8. The number of aromatic nitrogens is 2. The number of carbonyl (C=O) groups is 1. The number of ether oxygens (including phenoxy) is 1. The van der Waals surface area contributed by atoms with Gasteiger partial charge in [-0.2, -0.15) is 0 Å². The highest BCUT2D eigenvalue weighted by Gasteiger charge is 2.35. The molecule has 2 aliphatic heterocycles. The van der Waals surface area contributed by atoms with Gasteiger partial charge in [0.15, 0.2) is 0 Å². The van der Waals surface area contributed by atoms with Crippen LogP contribution in [0.15, 0.2) is 6.33 Å². The Kier molecular flexibility index (Phi) is 6.64. The highest BCUT2D eigenvalue weighted by molar-refractivity contribution is 5.74. The van der Waals surface area contributed by atoms with E-state index in [1.807, 2.05) is 4.90 Å². The molecule has 0 radical (unpaired) electrons. The molecule has 28 heavy (non-hydrogen) atoms. The first kappa shape index (κ1) is 20.3. The van der Waals surface area contributed by atoms with Gasteiger partial charge in [-0.3, -0.25) is 14.9 Å². The predicted octanol–water partition coefficient (Wildman–Crippen LogP) is 2.93. The third-order valence-corrected chi connectivity index (χ3v) is 5.75. The van der Waals surface area contributed by atoms with E-state index in [9.17, 15) is 14.9 Å². The third kappa shape index (κ3) is 4.18. The molecule has 2 fully saturated rings. The van der Waals surface area contributed by atoms with Crippen molar-refractivity contribution < 1.29 is 14.5 Å². The second kappa shape index (κ2) is 9.16. The molecule has 0 aliphatic carbocycles. The summed E-state index contributed by atoms with van der Waals surface area (Å²) in [5.74, 6) is 0.453. The number of piperidine rings is 2. The number of esters is 1. The van der Waals surface area contributed by atoms with Crippen LogP contribution < -0.4 is 9.80 Å². The van der Waals surface area contributed by atoms with E-state index in [1.54, 1.807) is 6.92 Å². The smallest absolute Gasteiger partial charge is 0.353 e. The summed E-state index contributed by atoms with van der Waals surface area (Å²) >= 11 is 0. The Morgan fingerprint density at radius 1 is 1.18 bits per heavy atom. The molecule has 3 heterocycles. The van der Waals surface area contributed by atoms with Gasteiger partial charge in [-0.05, 0) is 45.4 Å². The van der Waals surface area contributed by atoms with Crippen LogP contribution in [0.4, 0.5) is 17.3 Å². The van der Waals surface area contributed by atoms with Crippen molar-refractivity contribution in [1.29, 1.82) is 0 Å². The molecule has 2 aliphatic rings. The van der Waals surface area contributed by atoms with Crippen molar-refractivity contribution in [2.45, 2.75) is 58.4 Å². The van der Waals surface area contributed by atoms with Gasteiger partial charge in [0.1, 0.15) is 6.33 Å². The molecule has 0 N–H and O–H groups in total. The minimum atomic E-state index is -0.358. The fourth-order valence-corrected chi connectivity index (χ4v) is 4.26. The molecule has 9 nitrogen and oxygen atoms in total. The lowest BCUT2D eigenvalue weighted by Crippen LogP contribution is -2.41. The number of carbonyl (C=O) groups excluding carboxylic acids is 1. The average molecular weight is 391 g/mol. The normalized spacial score (nSPS) is 20.9. The van der Waals surface area contributed by atoms with Crippen LogP contribution in [0.2, 0.25) is 0 Å². The monoisotopic (exact) mass is 391 g/mol. The maximum absolute atomic E-state index is 12.0. The largest absolute Gasteiger partial charge is 0.466 e. The van der Waals surface area contributed by atoms with E-state index in [-0.39, 0.29) is 28.5 Å². The molecule has 0 aromatic carbocycles. The summed E-state index contributed by atoms with van der Waals surface area (Å²) in [5, 5.41) is 12.0. The molecule has 0 bridgehead atoms. The highest BCUT2D eigenvalue weighted by atomic mass is 16.6. The first-order chi connectivity index (χ1) is 13.6. The Morgan fingerprint density at radius 3 is 2.54 bits per heavy atom. The summed E-state index contributed by atoms with van der Waals surface area (Å²) in [6, 6.07) is 0.268. The number of nitro groups is 1. The van der Waals surface area contributed by atoms with Crippen molar-refractivity contribution in [2.24, 2.45) is 5.92 Å². The Bertz CT molecular complexity index is 706. The molecule has 2 saturated heterocycles. The Morgan fingerprint density at radius 2 is 1.89 bits per heavy atom. The maximum Gasteiger partial charge on any atom is 0.353 e. The van der Waals surface area contributed by atoms with E-state index in [2.05, 4.69) is 21.8 Å². The van der Waals surface area contributed by atoms with Crippen LogP contribution in [0.25, 0.3) is 0 Å². The molecule has 154 valence electrons. The molecule has 0 amide bonds. The minimum absolute atomic E-state index is 0.0163. The van der Waals surface area contributed by atoms with E-state index in [4.69, 9.17) is 4.74 Å². The van der Waals surface area contributed by atoms with Crippen LogP contribution in [0, 0.1) is 16.0 Å². The molecule has 3 rings (SSSR count). The second-order valence-corrected chi connectivity index (χ2v) is 7.39. The van der Waals surface area contributed by atoms with Crippen LogP contribution in [0.3, 0.4) is 0 Å². The zero-order valence-corrected chi connectivity index (χ0v) is 16.7. The first-order valence-electron chi connectivity index (χ1n) is 10.2. The van der Waals surface area contributed by atoms with Crippen molar-refractivity contribution in [1.82, 2.24) is 9.97 Å². The predicted molar refractivity (Wildman–Crippen MR) is 106 cm³/mol. The van der Waals surface area contributed by atoms with E-state index in [1.165, 1.54) is 6.33 Å². The summed E-state index contributed by atoms with van der Waals surface area (Å²) < 4.78 is 5.11. The molecule has 1 unspecified atom stereocenters. The first-order valence-corrected chi connectivity index (χ1v) is 10.2. The summed E-state index contributed by atoms with van der Waals surface area (Å²) in [4.78, 5) is 36.2. The van der Waals surface area contributed by atoms with Crippen LogP contribution >= 0.6 is 0 Å². The lowest BCUT2D eigenvalue weighted by Gasteiger charge is -2.36. The van der Waals surface area contributed by atoms with Gasteiger partial charge >= 0.3 is 11.7 Å². The summed E-state index contributed by atoms with van der Waals surface area (Å²) in [6.45, 7) is 6.13. The molecule has 1 aromatic rings. The number of hydrogen-bond donors (Lipinski definition) is 0. The topological polar surface area (TPSA) is 102 Å². The summed E-state index contributed by atoms with van der Waals surface area (Å²) in [5.41, 5.74) is -0.0163. The standard InChI is InChI=1S/C19H29N5O4/c1-3-15-7-5-6-10-23(15)18-16(24(26)27)17(20-13-21-18)22-11-8-14(9-12-22)19(25)28-4-2/h13-15H,3-12H2,1-2H3. The van der Waals surface area contributed by atoms with Gasteiger partial charge in [0.05, 0.1) is 17.4 Å². The van der Waals surface area contributed by atoms with Crippen molar-refractivity contribution >= 4 is 23.3 Å². The van der Waals surface area contributed by atoms with Gasteiger partial charge in [0.25, 0.3) is 0 Å². The van der Waals surface area contributed by atoms with Gasteiger partial charge in [-0.15, -0.1) is 0 Å². The van der Waals surface area contributed by atoms with Gasteiger partial charge in [0.2, 0.25) is 11.6 Å². The van der Waals surface area contributed by atoms with E-state index >= 15 is 0 Å². The fourth-order valence-electron chi connectivity index (χ4n) is 4.26. The quantitative estimate of drug-likeness (QED) is 0.414. The molecule has 1 aromatic heterocycles. The second-order valence-electron chi connectivity index (χ2n) is 7.39. The van der Waals surface area contributed by atoms with Crippen LogP contribution in [-0.2, 0) is 9.53 Å². The fraction of sp³-hybridized carbons (Fsp3) is 0.737. The van der Waals surface area contributed by atoms with Gasteiger partial charge in [-0.1, -0.05) is 6.92 Å². The van der Waals surface area contributed by atoms with Crippen LogP contribution in [0.1, 0.15) is 52.4 Å². The SMILES string of the molecule is CCOC(=O)C1CCN(c2ncnc(N3CCCCC3CC)c2[N+](=O)[O-])CC1. The highest BCUT2D eigenvalue weighted by Crippen LogP contribution is 2.38. The lowest BCUT2D eigenvalue weighted by atomic mass is 9.97. The summed E-state index contributed by atoms with van der Waals surface area (Å²) in [7, 11) is 0. The van der Waals surface area contributed by atoms with Crippen molar-refractivity contribution in [2.75, 3.05) is 36.0 Å². The lowest BCUT2D eigenvalue weighted by molar-refractivity contribution is -0.383. The zero-order valence-electron chi connectivity index (χ0n) is 16.7. The molecule has 1 atom stereocenters.